The first-order chi connectivity index (χ1) is 7.58. The fourth-order valence-electron chi connectivity index (χ4n) is 1.83. The summed E-state index contributed by atoms with van der Waals surface area (Å²) in [6, 6.07) is 0.419. The molecule has 0 bridgehead atoms. The van der Waals surface area contributed by atoms with Gasteiger partial charge in [0.15, 0.2) is 0 Å². The quantitative estimate of drug-likeness (QED) is 0.872. The monoisotopic (exact) mass is 288 g/mol. The molecule has 1 aromatic rings. The van der Waals surface area contributed by atoms with E-state index in [4.69, 9.17) is 5.11 Å². The molecule has 4 nitrogen and oxygen atoms in total. The molecule has 2 N–H and O–H groups in total. The van der Waals surface area contributed by atoms with E-state index in [9.17, 15) is 9.18 Å². The van der Waals surface area contributed by atoms with Crippen LogP contribution in [0, 0.1) is 5.82 Å². The molecule has 0 aliphatic carbocycles. The predicted octanol–water partition coefficient (Wildman–Crippen LogP) is 1.86. The molecule has 1 aliphatic rings. The highest BCUT2D eigenvalue weighted by molar-refractivity contribution is 9.10. The average Bonchev–Trinajstić information content (AvgIpc) is 2.66. The van der Waals surface area contributed by atoms with E-state index in [1.54, 1.807) is 0 Å². The lowest BCUT2D eigenvalue weighted by molar-refractivity contribution is -0.139. The summed E-state index contributed by atoms with van der Waals surface area (Å²) in [6.45, 7) is 0. The van der Waals surface area contributed by atoms with Crippen molar-refractivity contribution < 1.29 is 14.3 Å². The Morgan fingerprint density at radius 3 is 2.94 bits per heavy atom. The Bertz CT molecular complexity index is 427. The number of carbonyl (C=O) groups is 1. The highest BCUT2D eigenvalue weighted by Crippen LogP contribution is 2.27. The van der Waals surface area contributed by atoms with Gasteiger partial charge in [-0.3, -0.25) is 15.1 Å². The van der Waals surface area contributed by atoms with Gasteiger partial charge in [0.25, 0.3) is 0 Å². The molecule has 2 unspecified atom stereocenters. The zero-order valence-electron chi connectivity index (χ0n) is 8.28. The summed E-state index contributed by atoms with van der Waals surface area (Å²) in [5, 5.41) is 11.7. The number of rotatable bonds is 2. The van der Waals surface area contributed by atoms with Crippen LogP contribution < -0.4 is 5.32 Å². The van der Waals surface area contributed by atoms with E-state index in [1.807, 2.05) is 0 Å². The van der Waals surface area contributed by atoms with E-state index in [0.29, 0.717) is 17.3 Å². The SMILES string of the molecule is O=C(O)C1CCC(c2ncc(Br)cc2F)N1. The van der Waals surface area contributed by atoms with Crippen LogP contribution in [-0.4, -0.2) is 22.1 Å². The second-order valence-corrected chi connectivity index (χ2v) is 4.62. The first-order valence-electron chi connectivity index (χ1n) is 4.87. The summed E-state index contributed by atoms with van der Waals surface area (Å²) in [6.07, 6.45) is 2.59. The van der Waals surface area contributed by atoms with Gasteiger partial charge in [0.1, 0.15) is 11.9 Å². The van der Waals surface area contributed by atoms with Crippen molar-refractivity contribution in [1.82, 2.24) is 10.3 Å². The summed E-state index contributed by atoms with van der Waals surface area (Å²) < 4.78 is 14.1. The minimum atomic E-state index is -0.903. The number of hydrogen-bond acceptors (Lipinski definition) is 3. The Balaban J connectivity index is 2.17. The van der Waals surface area contributed by atoms with Crippen LogP contribution in [0.5, 0.6) is 0 Å². The Labute approximate surface area is 100 Å². The molecule has 2 atom stereocenters. The lowest BCUT2D eigenvalue weighted by Gasteiger charge is -2.12. The molecule has 86 valence electrons. The van der Waals surface area contributed by atoms with Crippen LogP contribution in [-0.2, 0) is 4.79 Å². The van der Waals surface area contributed by atoms with Crippen molar-refractivity contribution in [2.24, 2.45) is 0 Å². The Morgan fingerprint density at radius 1 is 1.62 bits per heavy atom. The number of pyridine rings is 1. The van der Waals surface area contributed by atoms with Gasteiger partial charge < -0.3 is 5.11 Å². The van der Waals surface area contributed by atoms with Crippen LogP contribution in [0.3, 0.4) is 0 Å². The van der Waals surface area contributed by atoms with Crippen LogP contribution in [0.2, 0.25) is 0 Å². The second-order valence-electron chi connectivity index (χ2n) is 3.71. The van der Waals surface area contributed by atoms with Crippen LogP contribution >= 0.6 is 15.9 Å². The van der Waals surface area contributed by atoms with Crippen molar-refractivity contribution >= 4 is 21.9 Å². The Morgan fingerprint density at radius 2 is 2.38 bits per heavy atom. The minimum Gasteiger partial charge on any atom is -0.480 e. The normalized spacial score (nSPS) is 24.6. The van der Waals surface area contributed by atoms with Crippen LogP contribution in [0.1, 0.15) is 24.6 Å². The average molecular weight is 289 g/mol. The van der Waals surface area contributed by atoms with Gasteiger partial charge in [-0.25, -0.2) is 4.39 Å². The van der Waals surface area contributed by atoms with Crippen LogP contribution in [0.15, 0.2) is 16.7 Å². The van der Waals surface area contributed by atoms with Gasteiger partial charge in [0.05, 0.1) is 11.7 Å². The summed E-state index contributed by atoms with van der Waals surface area (Å²) >= 11 is 3.12. The molecule has 1 saturated heterocycles. The minimum absolute atomic E-state index is 0.284. The van der Waals surface area contributed by atoms with Gasteiger partial charge in [-0.15, -0.1) is 0 Å². The van der Waals surface area contributed by atoms with Gasteiger partial charge in [-0.1, -0.05) is 0 Å². The van der Waals surface area contributed by atoms with Crippen molar-refractivity contribution in [3.63, 3.8) is 0 Å². The fraction of sp³-hybridized carbons (Fsp3) is 0.400. The third-order valence-electron chi connectivity index (χ3n) is 2.61. The number of aliphatic carboxylic acids is 1. The molecule has 6 heteroatoms. The second kappa shape index (κ2) is 4.47. The van der Waals surface area contributed by atoms with E-state index in [-0.39, 0.29) is 11.7 Å². The number of halogens is 2. The molecule has 2 rings (SSSR count). The van der Waals surface area contributed by atoms with E-state index in [2.05, 4.69) is 26.2 Å². The number of carboxylic acid groups (broad SMARTS) is 1. The molecule has 1 aliphatic heterocycles. The lowest BCUT2D eigenvalue weighted by Crippen LogP contribution is -2.32. The molecular weight excluding hydrogens is 279 g/mol. The van der Waals surface area contributed by atoms with Crippen molar-refractivity contribution in [2.75, 3.05) is 0 Å². The van der Waals surface area contributed by atoms with Crippen molar-refractivity contribution in [3.8, 4) is 0 Å². The van der Waals surface area contributed by atoms with Gasteiger partial charge in [-0.2, -0.15) is 0 Å². The largest absolute Gasteiger partial charge is 0.480 e. The van der Waals surface area contributed by atoms with Crippen LogP contribution in [0.25, 0.3) is 0 Å². The highest BCUT2D eigenvalue weighted by atomic mass is 79.9. The third kappa shape index (κ3) is 2.22. The Hall–Kier alpha value is -1.01. The number of nitrogens with one attached hydrogen (secondary N) is 1. The van der Waals surface area contributed by atoms with E-state index < -0.39 is 17.8 Å². The smallest absolute Gasteiger partial charge is 0.320 e. The maximum absolute atomic E-state index is 13.6. The standard InChI is InChI=1S/C10H10BrFN2O2/c11-5-3-6(12)9(13-4-5)7-1-2-8(14-7)10(15)16/h3-4,7-8,14H,1-2H2,(H,15,16). The van der Waals surface area contributed by atoms with Gasteiger partial charge in [-0.05, 0) is 34.8 Å². The molecule has 0 aromatic carbocycles. The molecule has 2 heterocycles. The maximum atomic E-state index is 13.6. The molecular formula is C10H10BrFN2O2. The van der Waals surface area contributed by atoms with Crippen LogP contribution in [0.4, 0.5) is 4.39 Å². The zero-order valence-corrected chi connectivity index (χ0v) is 9.87. The highest BCUT2D eigenvalue weighted by Gasteiger charge is 2.31. The molecule has 0 spiro atoms. The maximum Gasteiger partial charge on any atom is 0.320 e. The summed E-state index contributed by atoms with van der Waals surface area (Å²) in [5.41, 5.74) is 0.284. The molecule has 1 fully saturated rings. The van der Waals surface area contributed by atoms with E-state index in [0.717, 1.165) is 0 Å². The molecule has 0 amide bonds. The summed E-state index contributed by atoms with van der Waals surface area (Å²) in [7, 11) is 0. The first-order valence-corrected chi connectivity index (χ1v) is 5.67. The fourth-order valence-corrected chi connectivity index (χ4v) is 2.14. The zero-order chi connectivity index (χ0) is 11.7. The number of carboxylic acids is 1. The number of hydrogen-bond donors (Lipinski definition) is 2. The molecule has 16 heavy (non-hydrogen) atoms. The topological polar surface area (TPSA) is 62.2 Å². The van der Waals surface area contributed by atoms with Gasteiger partial charge >= 0.3 is 5.97 Å². The summed E-state index contributed by atoms with van der Waals surface area (Å²) in [4.78, 5) is 14.7. The van der Waals surface area contributed by atoms with E-state index >= 15 is 0 Å². The molecule has 0 radical (unpaired) electrons. The van der Waals surface area contributed by atoms with Crippen molar-refractivity contribution in [2.45, 2.75) is 24.9 Å². The molecule has 0 saturated carbocycles. The van der Waals surface area contributed by atoms with E-state index in [1.165, 1.54) is 12.3 Å². The number of nitrogens with zero attached hydrogens (tertiary/aromatic N) is 1. The van der Waals surface area contributed by atoms with Crippen molar-refractivity contribution in [3.05, 3.63) is 28.2 Å². The number of aromatic nitrogens is 1. The van der Waals surface area contributed by atoms with Crippen molar-refractivity contribution in [1.29, 1.82) is 0 Å². The summed E-state index contributed by atoms with van der Waals surface area (Å²) in [5.74, 6) is -1.32. The first kappa shape index (κ1) is 11.5. The third-order valence-corrected chi connectivity index (χ3v) is 3.04. The predicted molar refractivity (Wildman–Crippen MR) is 58.4 cm³/mol. The Kier molecular flexibility index (Phi) is 3.20. The molecule has 1 aromatic heterocycles. The van der Waals surface area contributed by atoms with Gasteiger partial charge in [0.2, 0.25) is 0 Å². The van der Waals surface area contributed by atoms with Gasteiger partial charge in [0, 0.05) is 10.7 Å². The lowest BCUT2D eigenvalue weighted by atomic mass is 10.1.